The Bertz CT molecular complexity index is 465. The summed E-state index contributed by atoms with van der Waals surface area (Å²) in [5, 5.41) is 0. The zero-order valence-electron chi connectivity index (χ0n) is 9.61. The molecule has 1 aromatic heterocycles. The van der Waals surface area contributed by atoms with Crippen LogP contribution in [-0.4, -0.2) is 15.5 Å². The van der Waals surface area contributed by atoms with Gasteiger partial charge in [-0.2, -0.15) is 0 Å². The van der Waals surface area contributed by atoms with E-state index in [1.54, 1.807) is 12.5 Å². The molecular formula is C13H14N2O2. The minimum atomic E-state index is -0.279. The number of nitrogens with zero attached hydrogens (tertiary/aromatic N) is 2. The lowest BCUT2D eigenvalue weighted by molar-refractivity contribution is -0.147. The number of imidazole rings is 1. The van der Waals surface area contributed by atoms with E-state index in [1.807, 2.05) is 41.1 Å². The third-order valence-electron chi connectivity index (χ3n) is 2.42. The summed E-state index contributed by atoms with van der Waals surface area (Å²) in [6.45, 7) is 1.99. The summed E-state index contributed by atoms with van der Waals surface area (Å²) in [7, 11) is 0. The predicted molar refractivity (Wildman–Crippen MR) is 63.2 cm³/mol. The average molecular weight is 230 g/mol. The van der Waals surface area contributed by atoms with Gasteiger partial charge in [0, 0.05) is 19.3 Å². The lowest BCUT2D eigenvalue weighted by Crippen LogP contribution is -2.14. The number of hydrogen-bond donors (Lipinski definition) is 0. The molecule has 0 aliphatic carbocycles. The Labute approximate surface area is 99.9 Å². The number of ether oxygens (including phenoxy) is 1. The second-order valence-corrected chi connectivity index (χ2v) is 3.77. The van der Waals surface area contributed by atoms with E-state index in [9.17, 15) is 4.79 Å². The number of benzene rings is 1. The highest BCUT2D eigenvalue weighted by Gasteiger charge is 2.14. The molecule has 88 valence electrons. The highest BCUT2D eigenvalue weighted by molar-refractivity contribution is 5.66. The molecule has 0 radical (unpaired) electrons. The highest BCUT2D eigenvalue weighted by atomic mass is 16.5. The summed E-state index contributed by atoms with van der Waals surface area (Å²) in [5.41, 5.74) is 0.983. The van der Waals surface area contributed by atoms with Crippen LogP contribution in [0.25, 0.3) is 0 Å². The molecule has 0 aliphatic rings. The molecule has 2 rings (SSSR count). The van der Waals surface area contributed by atoms with Gasteiger partial charge in [0.1, 0.15) is 6.10 Å². The van der Waals surface area contributed by atoms with Gasteiger partial charge in [-0.05, 0) is 5.56 Å². The molecule has 1 heterocycles. The molecule has 0 bridgehead atoms. The maximum Gasteiger partial charge on any atom is 0.303 e. The van der Waals surface area contributed by atoms with Gasteiger partial charge in [0.05, 0.1) is 12.9 Å². The molecule has 0 fully saturated rings. The number of rotatable bonds is 4. The van der Waals surface area contributed by atoms with Crippen LogP contribution in [0.4, 0.5) is 0 Å². The van der Waals surface area contributed by atoms with E-state index in [4.69, 9.17) is 4.74 Å². The molecule has 0 saturated carbocycles. The Balaban J connectivity index is 2.16. The van der Waals surface area contributed by atoms with E-state index >= 15 is 0 Å². The van der Waals surface area contributed by atoms with E-state index in [1.165, 1.54) is 6.92 Å². The Hall–Kier alpha value is -2.10. The zero-order valence-corrected chi connectivity index (χ0v) is 9.61. The fraction of sp³-hybridized carbons (Fsp3) is 0.231. The Morgan fingerprint density at radius 3 is 2.76 bits per heavy atom. The fourth-order valence-electron chi connectivity index (χ4n) is 1.66. The SMILES string of the molecule is CC(=O)O[C@@H](Cn1ccnc1)c1ccccc1. The monoisotopic (exact) mass is 230 g/mol. The van der Waals surface area contributed by atoms with Gasteiger partial charge in [-0.1, -0.05) is 30.3 Å². The highest BCUT2D eigenvalue weighted by Crippen LogP contribution is 2.19. The van der Waals surface area contributed by atoms with Gasteiger partial charge in [-0.3, -0.25) is 4.79 Å². The van der Waals surface area contributed by atoms with Crippen molar-refractivity contribution in [1.29, 1.82) is 0 Å². The molecule has 1 aromatic carbocycles. The molecule has 0 N–H and O–H groups in total. The van der Waals surface area contributed by atoms with Gasteiger partial charge in [0.15, 0.2) is 0 Å². The lowest BCUT2D eigenvalue weighted by atomic mass is 10.1. The van der Waals surface area contributed by atoms with E-state index in [0.29, 0.717) is 6.54 Å². The van der Waals surface area contributed by atoms with Crippen LogP contribution >= 0.6 is 0 Å². The smallest absolute Gasteiger partial charge is 0.303 e. The maximum atomic E-state index is 11.1. The first-order valence-electron chi connectivity index (χ1n) is 5.43. The van der Waals surface area contributed by atoms with E-state index < -0.39 is 0 Å². The summed E-state index contributed by atoms with van der Waals surface area (Å²) < 4.78 is 7.21. The van der Waals surface area contributed by atoms with Crippen molar-refractivity contribution in [2.45, 2.75) is 19.6 Å². The van der Waals surface area contributed by atoms with Crippen molar-refractivity contribution in [3.8, 4) is 0 Å². The summed E-state index contributed by atoms with van der Waals surface area (Å²) in [4.78, 5) is 15.1. The van der Waals surface area contributed by atoms with Crippen molar-refractivity contribution in [2.24, 2.45) is 0 Å². The minimum Gasteiger partial charge on any atom is -0.456 e. The zero-order chi connectivity index (χ0) is 12.1. The molecule has 4 heteroatoms. The average Bonchev–Trinajstić information content (AvgIpc) is 2.82. The normalized spacial score (nSPS) is 12.1. The summed E-state index contributed by atoms with van der Waals surface area (Å²) in [5.74, 6) is -0.279. The van der Waals surface area contributed by atoms with Gasteiger partial charge in [0.2, 0.25) is 0 Å². The Morgan fingerprint density at radius 2 is 2.18 bits per heavy atom. The summed E-state index contributed by atoms with van der Waals surface area (Å²) in [6, 6.07) is 9.69. The van der Waals surface area contributed by atoms with Crippen molar-refractivity contribution >= 4 is 5.97 Å². The second-order valence-electron chi connectivity index (χ2n) is 3.77. The molecule has 0 spiro atoms. The molecule has 2 aromatic rings. The van der Waals surface area contributed by atoms with E-state index in [-0.39, 0.29) is 12.1 Å². The minimum absolute atomic E-state index is 0.275. The fourth-order valence-corrected chi connectivity index (χ4v) is 1.66. The number of esters is 1. The van der Waals surface area contributed by atoms with Crippen LogP contribution in [0, 0.1) is 0 Å². The largest absolute Gasteiger partial charge is 0.456 e. The molecule has 0 saturated heterocycles. The van der Waals surface area contributed by atoms with Crippen molar-refractivity contribution in [2.75, 3.05) is 0 Å². The standard InChI is InChI=1S/C13H14N2O2/c1-11(16)17-13(9-15-8-7-14-10-15)12-5-3-2-4-6-12/h2-8,10,13H,9H2,1H3/t13-/m0/s1. The molecule has 0 aliphatic heterocycles. The molecule has 0 unspecified atom stereocenters. The Morgan fingerprint density at radius 1 is 1.41 bits per heavy atom. The first-order valence-corrected chi connectivity index (χ1v) is 5.43. The molecule has 1 atom stereocenters. The number of carbonyl (C=O) groups is 1. The maximum absolute atomic E-state index is 11.1. The van der Waals surface area contributed by atoms with Crippen LogP contribution in [0.2, 0.25) is 0 Å². The first kappa shape index (κ1) is 11.4. The molecule has 0 amide bonds. The van der Waals surface area contributed by atoms with Crippen LogP contribution in [0.1, 0.15) is 18.6 Å². The second kappa shape index (κ2) is 5.30. The number of aromatic nitrogens is 2. The Kier molecular flexibility index (Phi) is 3.55. The third-order valence-corrected chi connectivity index (χ3v) is 2.42. The van der Waals surface area contributed by atoms with Crippen molar-refractivity contribution < 1.29 is 9.53 Å². The summed E-state index contributed by atoms with van der Waals surface area (Å²) >= 11 is 0. The number of hydrogen-bond acceptors (Lipinski definition) is 3. The summed E-state index contributed by atoms with van der Waals surface area (Å²) in [6.07, 6.45) is 4.98. The van der Waals surface area contributed by atoms with E-state index in [0.717, 1.165) is 5.56 Å². The van der Waals surface area contributed by atoms with Gasteiger partial charge < -0.3 is 9.30 Å². The van der Waals surface area contributed by atoms with Gasteiger partial charge in [-0.15, -0.1) is 0 Å². The topological polar surface area (TPSA) is 44.1 Å². The third kappa shape index (κ3) is 3.17. The molecular weight excluding hydrogens is 216 g/mol. The van der Waals surface area contributed by atoms with Crippen molar-refractivity contribution in [3.63, 3.8) is 0 Å². The van der Waals surface area contributed by atoms with Crippen molar-refractivity contribution in [1.82, 2.24) is 9.55 Å². The number of carbonyl (C=O) groups excluding carboxylic acids is 1. The quantitative estimate of drug-likeness (QED) is 0.756. The van der Waals surface area contributed by atoms with Crippen LogP contribution in [0.3, 0.4) is 0 Å². The molecule has 4 nitrogen and oxygen atoms in total. The van der Waals surface area contributed by atoms with Crippen molar-refractivity contribution in [3.05, 3.63) is 54.6 Å². The molecule has 17 heavy (non-hydrogen) atoms. The van der Waals surface area contributed by atoms with Gasteiger partial charge >= 0.3 is 5.97 Å². The van der Waals surface area contributed by atoms with E-state index in [2.05, 4.69) is 4.98 Å². The van der Waals surface area contributed by atoms with Gasteiger partial charge in [0.25, 0.3) is 0 Å². The predicted octanol–water partition coefficient (Wildman–Crippen LogP) is 2.19. The van der Waals surface area contributed by atoms with Crippen LogP contribution in [0.15, 0.2) is 49.1 Å². The first-order chi connectivity index (χ1) is 8.25. The van der Waals surface area contributed by atoms with Crippen LogP contribution < -0.4 is 0 Å². The van der Waals surface area contributed by atoms with Crippen LogP contribution in [-0.2, 0) is 16.1 Å². The van der Waals surface area contributed by atoms with Gasteiger partial charge in [-0.25, -0.2) is 4.98 Å². The lowest BCUT2D eigenvalue weighted by Gasteiger charge is -2.17. The van der Waals surface area contributed by atoms with Crippen LogP contribution in [0.5, 0.6) is 0 Å².